The van der Waals surface area contributed by atoms with Crippen molar-refractivity contribution in [1.82, 2.24) is 4.90 Å². The number of benzene rings is 2. The summed E-state index contributed by atoms with van der Waals surface area (Å²) in [7, 11) is 0. The Kier molecular flexibility index (Phi) is 5.15. The van der Waals surface area contributed by atoms with E-state index in [1.165, 1.54) is 9.80 Å². The average Bonchev–Trinajstić information content (AvgIpc) is 2.63. The molecule has 1 unspecified atom stereocenters. The third kappa shape index (κ3) is 3.78. The van der Waals surface area contributed by atoms with Crippen molar-refractivity contribution in [2.45, 2.75) is 19.1 Å². The quantitative estimate of drug-likeness (QED) is 0.762. The number of piperazine rings is 1. The van der Waals surface area contributed by atoms with E-state index in [-0.39, 0.29) is 24.6 Å². The van der Waals surface area contributed by atoms with Gasteiger partial charge in [-0.15, -0.1) is 0 Å². The summed E-state index contributed by atoms with van der Waals surface area (Å²) in [4.78, 5) is 28.3. The summed E-state index contributed by atoms with van der Waals surface area (Å²) < 4.78 is 38.0. The van der Waals surface area contributed by atoms with Crippen molar-refractivity contribution in [3.05, 3.63) is 64.7 Å². The zero-order valence-electron chi connectivity index (χ0n) is 14.3. The Morgan fingerprint density at radius 1 is 1.07 bits per heavy atom. The maximum absolute atomic E-state index is 12.7. The summed E-state index contributed by atoms with van der Waals surface area (Å²) in [6, 6.07) is 10.1. The van der Waals surface area contributed by atoms with Gasteiger partial charge >= 0.3 is 6.18 Å². The Bertz CT molecular complexity index is 868. The van der Waals surface area contributed by atoms with E-state index in [0.717, 1.165) is 24.3 Å². The fraction of sp³-hybridized carbons (Fsp3) is 0.263. The number of anilines is 1. The maximum atomic E-state index is 12.7. The van der Waals surface area contributed by atoms with Crippen molar-refractivity contribution in [2.75, 3.05) is 18.0 Å². The van der Waals surface area contributed by atoms with Crippen LogP contribution >= 0.6 is 11.6 Å². The van der Waals surface area contributed by atoms with Gasteiger partial charge in [0.2, 0.25) is 5.91 Å². The van der Waals surface area contributed by atoms with Gasteiger partial charge in [0.1, 0.15) is 6.04 Å². The lowest BCUT2D eigenvalue weighted by atomic mass is 10.1. The van der Waals surface area contributed by atoms with E-state index in [2.05, 4.69) is 0 Å². The van der Waals surface area contributed by atoms with Gasteiger partial charge in [-0.2, -0.15) is 13.2 Å². The highest BCUT2D eigenvalue weighted by Crippen LogP contribution is 2.30. The first-order valence-corrected chi connectivity index (χ1v) is 8.62. The van der Waals surface area contributed by atoms with Crippen molar-refractivity contribution in [1.29, 1.82) is 0 Å². The molecule has 0 aromatic heterocycles. The molecule has 4 nitrogen and oxygen atoms in total. The second kappa shape index (κ2) is 7.23. The first-order chi connectivity index (χ1) is 12.7. The fourth-order valence-corrected chi connectivity index (χ4v) is 3.26. The number of carbonyl (C=O) groups is 2. The monoisotopic (exact) mass is 396 g/mol. The standard InChI is InChI=1S/C19H16ClF3N2O2/c1-12-17(26)25(16-5-3-2-4-15(16)20)11-10-24(12)18(27)13-6-8-14(9-7-13)19(21,22)23/h2-9,12H,10-11H2,1H3. The van der Waals surface area contributed by atoms with Crippen LogP contribution < -0.4 is 4.90 Å². The molecule has 1 saturated heterocycles. The predicted molar refractivity (Wildman–Crippen MR) is 95.7 cm³/mol. The third-order valence-corrected chi connectivity index (χ3v) is 4.84. The molecule has 0 N–H and O–H groups in total. The second-order valence-corrected chi connectivity index (χ2v) is 6.60. The SMILES string of the molecule is CC1C(=O)N(c2ccccc2Cl)CCN1C(=O)c1ccc(C(F)(F)F)cc1. The van der Waals surface area contributed by atoms with Crippen LogP contribution in [0.4, 0.5) is 18.9 Å². The Morgan fingerprint density at radius 3 is 2.30 bits per heavy atom. The first kappa shape index (κ1) is 19.2. The number of carbonyl (C=O) groups excluding carboxylic acids is 2. The molecule has 3 rings (SSSR count). The summed E-state index contributed by atoms with van der Waals surface area (Å²) in [5.41, 5.74) is -0.154. The summed E-state index contributed by atoms with van der Waals surface area (Å²) in [6.07, 6.45) is -4.47. The molecule has 142 valence electrons. The van der Waals surface area contributed by atoms with Crippen molar-refractivity contribution in [3.63, 3.8) is 0 Å². The minimum Gasteiger partial charge on any atom is -0.325 e. The maximum Gasteiger partial charge on any atom is 0.416 e. The Hall–Kier alpha value is -2.54. The Morgan fingerprint density at radius 2 is 1.70 bits per heavy atom. The number of hydrogen-bond donors (Lipinski definition) is 0. The minimum atomic E-state index is -4.47. The molecule has 2 aromatic rings. The predicted octanol–water partition coefficient (Wildman–Crippen LogP) is 4.24. The van der Waals surface area contributed by atoms with Gasteiger partial charge in [0, 0.05) is 18.7 Å². The summed E-state index contributed by atoms with van der Waals surface area (Å²) >= 11 is 6.15. The zero-order chi connectivity index (χ0) is 19.8. The van der Waals surface area contributed by atoms with Gasteiger partial charge in [0.15, 0.2) is 0 Å². The van der Waals surface area contributed by atoms with Gasteiger partial charge in [-0.25, -0.2) is 0 Å². The summed E-state index contributed by atoms with van der Waals surface area (Å²) in [5.74, 6) is -0.780. The molecule has 1 fully saturated rings. The molecule has 0 saturated carbocycles. The summed E-state index contributed by atoms with van der Waals surface area (Å²) in [6.45, 7) is 2.09. The van der Waals surface area contributed by atoms with Gasteiger partial charge in [-0.1, -0.05) is 23.7 Å². The second-order valence-electron chi connectivity index (χ2n) is 6.19. The van der Waals surface area contributed by atoms with Crippen LogP contribution in [-0.4, -0.2) is 35.8 Å². The highest BCUT2D eigenvalue weighted by Gasteiger charge is 2.36. The third-order valence-electron chi connectivity index (χ3n) is 4.52. The lowest BCUT2D eigenvalue weighted by molar-refractivity contribution is -0.137. The van der Waals surface area contributed by atoms with Gasteiger partial charge in [-0.3, -0.25) is 9.59 Å². The largest absolute Gasteiger partial charge is 0.416 e. The average molecular weight is 397 g/mol. The molecule has 1 heterocycles. The van der Waals surface area contributed by atoms with Crippen LogP contribution in [0, 0.1) is 0 Å². The van der Waals surface area contributed by atoms with Crippen molar-refractivity contribution < 1.29 is 22.8 Å². The fourth-order valence-electron chi connectivity index (χ4n) is 3.03. The van der Waals surface area contributed by atoms with Gasteiger partial charge in [-0.05, 0) is 43.3 Å². The Labute approximate surface area is 159 Å². The highest BCUT2D eigenvalue weighted by molar-refractivity contribution is 6.33. The molecular weight excluding hydrogens is 381 g/mol. The minimum absolute atomic E-state index is 0.105. The summed E-state index contributed by atoms with van der Waals surface area (Å²) in [5, 5.41) is 0.431. The molecule has 1 aliphatic heterocycles. The van der Waals surface area contributed by atoms with E-state index < -0.39 is 23.7 Å². The van der Waals surface area contributed by atoms with Crippen molar-refractivity contribution in [2.24, 2.45) is 0 Å². The lowest BCUT2D eigenvalue weighted by Crippen LogP contribution is -2.57. The van der Waals surface area contributed by atoms with Crippen LogP contribution in [0.1, 0.15) is 22.8 Å². The smallest absolute Gasteiger partial charge is 0.325 e. The molecule has 2 amide bonds. The highest BCUT2D eigenvalue weighted by atomic mass is 35.5. The molecule has 2 aromatic carbocycles. The molecule has 0 bridgehead atoms. The molecule has 0 radical (unpaired) electrons. The topological polar surface area (TPSA) is 40.6 Å². The number of halogens is 4. The van der Waals surface area contributed by atoms with E-state index in [1.807, 2.05) is 0 Å². The van der Waals surface area contributed by atoms with Gasteiger partial charge in [0.05, 0.1) is 16.3 Å². The number of para-hydroxylation sites is 1. The van der Waals surface area contributed by atoms with E-state index in [4.69, 9.17) is 11.6 Å². The first-order valence-electron chi connectivity index (χ1n) is 8.24. The van der Waals surface area contributed by atoms with Crippen LogP contribution in [0.5, 0.6) is 0 Å². The number of rotatable bonds is 2. The Balaban J connectivity index is 1.78. The lowest BCUT2D eigenvalue weighted by Gasteiger charge is -2.39. The van der Waals surface area contributed by atoms with E-state index in [1.54, 1.807) is 31.2 Å². The van der Waals surface area contributed by atoms with Crippen LogP contribution in [0.3, 0.4) is 0 Å². The molecule has 8 heteroatoms. The van der Waals surface area contributed by atoms with Crippen LogP contribution in [-0.2, 0) is 11.0 Å². The molecule has 1 aliphatic rings. The van der Waals surface area contributed by atoms with E-state index in [0.29, 0.717) is 10.7 Å². The molecule has 0 spiro atoms. The van der Waals surface area contributed by atoms with Crippen molar-refractivity contribution in [3.8, 4) is 0 Å². The van der Waals surface area contributed by atoms with Crippen molar-refractivity contribution >= 4 is 29.1 Å². The number of nitrogens with zero attached hydrogens (tertiary/aromatic N) is 2. The number of alkyl halides is 3. The van der Waals surface area contributed by atoms with E-state index >= 15 is 0 Å². The van der Waals surface area contributed by atoms with Gasteiger partial charge in [0.25, 0.3) is 5.91 Å². The van der Waals surface area contributed by atoms with Crippen LogP contribution in [0.15, 0.2) is 48.5 Å². The molecule has 27 heavy (non-hydrogen) atoms. The van der Waals surface area contributed by atoms with Gasteiger partial charge < -0.3 is 9.80 Å². The van der Waals surface area contributed by atoms with E-state index in [9.17, 15) is 22.8 Å². The molecule has 1 atom stereocenters. The molecule has 0 aliphatic carbocycles. The van der Waals surface area contributed by atoms with Crippen LogP contribution in [0.25, 0.3) is 0 Å². The normalized spacial score (nSPS) is 18.0. The molecular formula is C19H16ClF3N2O2. The van der Waals surface area contributed by atoms with Crippen LogP contribution in [0.2, 0.25) is 5.02 Å². The zero-order valence-corrected chi connectivity index (χ0v) is 15.1. The number of hydrogen-bond acceptors (Lipinski definition) is 2. The number of amides is 2.